The van der Waals surface area contributed by atoms with Gasteiger partial charge in [-0.1, -0.05) is 48.0 Å². The van der Waals surface area contributed by atoms with Gasteiger partial charge in [0.25, 0.3) is 5.56 Å². The lowest BCUT2D eigenvalue weighted by Gasteiger charge is -2.10. The van der Waals surface area contributed by atoms with E-state index in [-0.39, 0.29) is 5.56 Å². The van der Waals surface area contributed by atoms with Crippen molar-refractivity contribution in [3.8, 4) is 5.69 Å². The zero-order valence-electron chi connectivity index (χ0n) is 15.8. The van der Waals surface area contributed by atoms with E-state index in [1.165, 1.54) is 11.1 Å². The number of fused-ring (bicyclic) bond motifs is 1. The highest BCUT2D eigenvalue weighted by molar-refractivity contribution is 5.81. The van der Waals surface area contributed by atoms with Crippen molar-refractivity contribution in [1.82, 2.24) is 19.6 Å². The van der Waals surface area contributed by atoms with Gasteiger partial charge < -0.3 is 0 Å². The third-order valence-corrected chi connectivity index (χ3v) is 4.90. The summed E-state index contributed by atoms with van der Waals surface area (Å²) in [5, 5.41) is 9.81. The molecule has 0 fully saturated rings. The maximum atomic E-state index is 13.2. The van der Waals surface area contributed by atoms with Crippen LogP contribution in [0.25, 0.3) is 16.6 Å². The Morgan fingerprint density at radius 2 is 1.78 bits per heavy atom. The molecule has 0 aliphatic carbocycles. The van der Waals surface area contributed by atoms with E-state index in [0.29, 0.717) is 12.1 Å². The lowest BCUT2D eigenvalue weighted by atomic mass is 10.1. The van der Waals surface area contributed by atoms with Crippen molar-refractivity contribution in [1.29, 1.82) is 0 Å². The van der Waals surface area contributed by atoms with Gasteiger partial charge >= 0.3 is 0 Å². The second-order valence-electron chi connectivity index (χ2n) is 6.96. The fraction of sp³-hybridized carbons (Fsp3) is 0.227. The van der Waals surface area contributed by atoms with Gasteiger partial charge in [0.05, 0.1) is 17.6 Å². The molecule has 0 saturated carbocycles. The molecule has 0 spiro atoms. The van der Waals surface area contributed by atoms with Crippen LogP contribution in [0.15, 0.2) is 59.5 Å². The van der Waals surface area contributed by atoms with E-state index in [1.807, 2.05) is 44.2 Å². The summed E-state index contributed by atoms with van der Waals surface area (Å²) in [5.41, 5.74) is 5.68. The quantitative estimate of drug-likeness (QED) is 0.558. The fourth-order valence-corrected chi connectivity index (χ4v) is 3.48. The van der Waals surface area contributed by atoms with Gasteiger partial charge in [0.1, 0.15) is 5.52 Å². The SMILES string of the molecule is Cc1ccc(-n2ncc3c(C)nn(CCc4ccccc4)c(=O)c32)c(C)c1. The Hall–Kier alpha value is -3.21. The maximum absolute atomic E-state index is 13.2. The molecule has 5 heteroatoms. The van der Waals surface area contributed by atoms with Crippen LogP contribution in [0.3, 0.4) is 0 Å². The van der Waals surface area contributed by atoms with Gasteiger partial charge in [-0.2, -0.15) is 10.2 Å². The average Bonchev–Trinajstić information content (AvgIpc) is 3.10. The highest BCUT2D eigenvalue weighted by Gasteiger charge is 2.16. The minimum Gasteiger partial charge on any atom is -0.265 e. The Balaban J connectivity index is 1.81. The molecule has 2 aromatic heterocycles. The van der Waals surface area contributed by atoms with Crippen molar-refractivity contribution in [2.24, 2.45) is 0 Å². The molecular weight excluding hydrogens is 336 g/mol. The van der Waals surface area contributed by atoms with Crippen molar-refractivity contribution in [2.45, 2.75) is 33.7 Å². The molecule has 0 unspecified atom stereocenters. The number of hydrogen-bond donors (Lipinski definition) is 0. The summed E-state index contributed by atoms with van der Waals surface area (Å²) in [6.45, 7) is 6.56. The molecule has 27 heavy (non-hydrogen) atoms. The molecule has 4 rings (SSSR count). The molecule has 2 aromatic carbocycles. The van der Waals surface area contributed by atoms with E-state index in [1.54, 1.807) is 15.6 Å². The second-order valence-corrected chi connectivity index (χ2v) is 6.96. The first-order valence-corrected chi connectivity index (χ1v) is 9.11. The van der Waals surface area contributed by atoms with Gasteiger partial charge in [-0.05, 0) is 44.4 Å². The first-order valence-electron chi connectivity index (χ1n) is 9.11. The summed E-state index contributed by atoms with van der Waals surface area (Å²) in [5.74, 6) is 0. The molecule has 0 saturated heterocycles. The lowest BCUT2D eigenvalue weighted by Crippen LogP contribution is -2.26. The number of hydrogen-bond acceptors (Lipinski definition) is 3. The standard InChI is InChI=1S/C22H22N4O/c1-15-9-10-20(16(2)13-15)26-21-19(14-23-26)17(3)24-25(22(21)27)12-11-18-7-5-4-6-8-18/h4-10,13-14H,11-12H2,1-3H3. The predicted octanol–water partition coefficient (Wildman–Crippen LogP) is 3.75. The first kappa shape index (κ1) is 17.2. The second kappa shape index (κ2) is 6.83. The minimum atomic E-state index is -0.107. The van der Waals surface area contributed by atoms with Gasteiger partial charge in [0, 0.05) is 11.9 Å². The number of aryl methyl sites for hydroxylation is 5. The van der Waals surface area contributed by atoms with Crippen LogP contribution in [-0.4, -0.2) is 19.6 Å². The third-order valence-electron chi connectivity index (χ3n) is 4.90. The van der Waals surface area contributed by atoms with Crippen LogP contribution in [-0.2, 0) is 13.0 Å². The van der Waals surface area contributed by atoms with Crippen LogP contribution >= 0.6 is 0 Å². The van der Waals surface area contributed by atoms with E-state index in [0.717, 1.165) is 28.8 Å². The molecule has 136 valence electrons. The summed E-state index contributed by atoms with van der Waals surface area (Å²) in [6.07, 6.45) is 2.50. The summed E-state index contributed by atoms with van der Waals surface area (Å²) >= 11 is 0. The smallest absolute Gasteiger partial charge is 0.265 e. The molecule has 2 heterocycles. The van der Waals surface area contributed by atoms with Crippen LogP contribution in [0.2, 0.25) is 0 Å². The Morgan fingerprint density at radius 3 is 2.52 bits per heavy atom. The van der Waals surface area contributed by atoms with E-state index >= 15 is 0 Å². The fourth-order valence-electron chi connectivity index (χ4n) is 3.48. The third kappa shape index (κ3) is 3.16. The van der Waals surface area contributed by atoms with Crippen molar-refractivity contribution >= 4 is 10.9 Å². The summed E-state index contributed by atoms with van der Waals surface area (Å²) in [6, 6.07) is 16.3. The van der Waals surface area contributed by atoms with Crippen molar-refractivity contribution in [3.05, 3.63) is 87.5 Å². The van der Waals surface area contributed by atoms with E-state index in [9.17, 15) is 4.79 Å². The zero-order chi connectivity index (χ0) is 19.0. The summed E-state index contributed by atoms with van der Waals surface area (Å²) < 4.78 is 3.31. The summed E-state index contributed by atoms with van der Waals surface area (Å²) in [4.78, 5) is 13.2. The Labute approximate surface area is 157 Å². The molecule has 0 aliphatic rings. The van der Waals surface area contributed by atoms with Crippen LogP contribution in [0, 0.1) is 20.8 Å². The van der Waals surface area contributed by atoms with Crippen LogP contribution in [0.4, 0.5) is 0 Å². The minimum absolute atomic E-state index is 0.107. The molecule has 0 amide bonds. The molecular formula is C22H22N4O. The van der Waals surface area contributed by atoms with Gasteiger partial charge in [0.2, 0.25) is 0 Å². The molecule has 0 aliphatic heterocycles. The number of benzene rings is 2. The molecule has 5 nitrogen and oxygen atoms in total. The number of rotatable bonds is 4. The largest absolute Gasteiger partial charge is 0.293 e. The zero-order valence-corrected chi connectivity index (χ0v) is 15.8. The van der Waals surface area contributed by atoms with Crippen LogP contribution in [0.5, 0.6) is 0 Å². The van der Waals surface area contributed by atoms with Crippen molar-refractivity contribution in [2.75, 3.05) is 0 Å². The predicted molar refractivity (Wildman–Crippen MR) is 107 cm³/mol. The lowest BCUT2D eigenvalue weighted by molar-refractivity contribution is 0.575. The molecule has 0 radical (unpaired) electrons. The highest BCUT2D eigenvalue weighted by Crippen LogP contribution is 2.20. The molecule has 4 aromatic rings. The summed E-state index contributed by atoms with van der Waals surface area (Å²) in [7, 11) is 0. The van der Waals surface area contributed by atoms with Crippen molar-refractivity contribution in [3.63, 3.8) is 0 Å². The Morgan fingerprint density at radius 1 is 1.00 bits per heavy atom. The van der Waals surface area contributed by atoms with Crippen LogP contribution < -0.4 is 5.56 Å². The molecule has 0 atom stereocenters. The molecule has 0 N–H and O–H groups in total. The van der Waals surface area contributed by atoms with Crippen LogP contribution in [0.1, 0.15) is 22.4 Å². The van der Waals surface area contributed by atoms with Gasteiger partial charge in [0.15, 0.2) is 0 Å². The topological polar surface area (TPSA) is 52.7 Å². The Bertz CT molecular complexity index is 1170. The van der Waals surface area contributed by atoms with Gasteiger partial charge in [-0.25, -0.2) is 9.36 Å². The van der Waals surface area contributed by atoms with E-state index in [2.05, 4.69) is 35.3 Å². The maximum Gasteiger partial charge on any atom is 0.293 e. The van der Waals surface area contributed by atoms with E-state index in [4.69, 9.17) is 0 Å². The normalized spacial score (nSPS) is 11.2. The monoisotopic (exact) mass is 358 g/mol. The molecule has 0 bridgehead atoms. The first-order chi connectivity index (χ1) is 13.0. The van der Waals surface area contributed by atoms with Gasteiger partial charge in [-0.3, -0.25) is 4.79 Å². The Kier molecular flexibility index (Phi) is 4.36. The van der Waals surface area contributed by atoms with E-state index < -0.39 is 0 Å². The average molecular weight is 358 g/mol. The highest BCUT2D eigenvalue weighted by atomic mass is 16.1. The van der Waals surface area contributed by atoms with Crippen molar-refractivity contribution < 1.29 is 0 Å². The number of aromatic nitrogens is 4. The number of nitrogens with zero attached hydrogens (tertiary/aromatic N) is 4. The van der Waals surface area contributed by atoms with Gasteiger partial charge in [-0.15, -0.1) is 0 Å².